The molecule has 176 valence electrons. The fraction of sp³-hybridized carbons (Fsp3) is 0.588. The Morgan fingerprint density at radius 2 is 2.03 bits per heavy atom. The number of thioether (sulfide) groups is 1. The fourth-order valence-corrected chi connectivity index (χ4v) is 3.71. The summed E-state index contributed by atoms with van der Waals surface area (Å²) in [5.74, 6) is -2.64. The zero-order valence-electron chi connectivity index (χ0n) is 17.5. The van der Waals surface area contributed by atoms with Gasteiger partial charge in [-0.2, -0.15) is 10.0 Å². The molecule has 0 radical (unpaired) electrons. The Kier molecular flexibility index (Phi) is 6.71. The smallest absolute Gasteiger partial charge is 0.274 e. The molecule has 0 saturated carbocycles. The van der Waals surface area contributed by atoms with Gasteiger partial charge >= 0.3 is 0 Å². The van der Waals surface area contributed by atoms with Crippen LogP contribution in [0, 0.1) is 5.92 Å². The van der Waals surface area contributed by atoms with Crippen molar-refractivity contribution < 1.29 is 34.9 Å². The van der Waals surface area contributed by atoms with E-state index in [0.29, 0.717) is 0 Å². The largest absolute Gasteiger partial charge is 0.394 e. The van der Waals surface area contributed by atoms with Gasteiger partial charge in [-0.3, -0.25) is 19.4 Å². The summed E-state index contributed by atoms with van der Waals surface area (Å²) in [6.07, 6.45) is -2.19. The lowest BCUT2D eigenvalue weighted by Crippen LogP contribution is -2.54. The number of anilines is 1. The van der Waals surface area contributed by atoms with Crippen LogP contribution in [0.2, 0.25) is 0 Å². The molecule has 15 heteroatoms. The quantitative estimate of drug-likeness (QED) is 0.107. The van der Waals surface area contributed by atoms with Gasteiger partial charge in [0.25, 0.3) is 17.5 Å². The number of nitrogens with zero attached hydrogens (tertiary/aromatic N) is 5. The molecule has 1 aliphatic rings. The van der Waals surface area contributed by atoms with Gasteiger partial charge in [-0.25, -0.2) is 9.97 Å². The molecule has 0 spiro atoms. The van der Waals surface area contributed by atoms with Crippen LogP contribution in [-0.4, -0.2) is 89.1 Å². The number of carbonyl (C=O) groups is 2. The van der Waals surface area contributed by atoms with Gasteiger partial charge < -0.3 is 31.5 Å². The molecule has 0 aliphatic carbocycles. The van der Waals surface area contributed by atoms with Crippen LogP contribution in [0.5, 0.6) is 0 Å². The van der Waals surface area contributed by atoms with E-state index in [1.54, 1.807) is 20.1 Å². The average Bonchev–Trinajstić information content (AvgIpc) is 3.31. The summed E-state index contributed by atoms with van der Waals surface area (Å²) in [7, 11) is 0. The van der Waals surface area contributed by atoms with Gasteiger partial charge in [-0.1, -0.05) is 25.6 Å². The summed E-state index contributed by atoms with van der Waals surface area (Å²) < 4.78 is 6.47. The monoisotopic (exact) mass is 471 g/mol. The van der Waals surface area contributed by atoms with E-state index in [1.807, 2.05) is 0 Å². The van der Waals surface area contributed by atoms with Gasteiger partial charge in [0.1, 0.15) is 24.6 Å². The van der Waals surface area contributed by atoms with Gasteiger partial charge in [0.05, 0.1) is 12.6 Å². The first-order valence-electron chi connectivity index (χ1n) is 9.53. The van der Waals surface area contributed by atoms with Crippen LogP contribution in [0.3, 0.4) is 0 Å². The summed E-state index contributed by atoms with van der Waals surface area (Å²) in [6, 6.07) is -1.04. The molecule has 1 saturated heterocycles. The number of carbonyl (C=O) groups excluding carboxylic acids is 2. The van der Waals surface area contributed by atoms with Crippen molar-refractivity contribution in [2.75, 3.05) is 17.9 Å². The van der Waals surface area contributed by atoms with Crippen LogP contribution in [0.1, 0.15) is 13.8 Å². The second-order valence-corrected chi connectivity index (χ2v) is 8.35. The normalized spacial score (nSPS) is 26.6. The molecule has 0 bridgehead atoms. The number of aliphatic hydroxyl groups excluding tert-OH is 3. The van der Waals surface area contributed by atoms with Crippen LogP contribution >= 0.6 is 11.8 Å². The predicted octanol–water partition coefficient (Wildman–Crippen LogP) is -2.50. The topological polar surface area (TPSA) is 223 Å². The number of hydroxylamine groups is 1. The second kappa shape index (κ2) is 8.86. The van der Waals surface area contributed by atoms with Gasteiger partial charge in [0.15, 0.2) is 22.1 Å². The Bertz CT molecular complexity index is 1030. The number of amides is 2. The van der Waals surface area contributed by atoms with Crippen LogP contribution in [0.25, 0.3) is 11.2 Å². The lowest BCUT2D eigenvalue weighted by Gasteiger charge is -2.30. The number of imidazole rings is 1. The highest BCUT2D eigenvalue weighted by atomic mass is 32.2. The molecule has 14 nitrogen and oxygen atoms in total. The van der Waals surface area contributed by atoms with Crippen LogP contribution in [-0.2, 0) is 20.1 Å². The number of aliphatic hydroxyl groups is 3. The Morgan fingerprint density at radius 1 is 1.38 bits per heavy atom. The number of ether oxygens (including phenoxy) is 1. The number of fused-ring (bicyclic) bond motifs is 1. The third-order valence-electron chi connectivity index (χ3n) is 5.28. The molecule has 8 N–H and O–H groups in total. The van der Waals surface area contributed by atoms with E-state index in [-0.39, 0.29) is 33.1 Å². The van der Waals surface area contributed by atoms with Crippen molar-refractivity contribution in [3.05, 3.63) is 6.33 Å². The zero-order valence-corrected chi connectivity index (χ0v) is 18.3. The summed E-state index contributed by atoms with van der Waals surface area (Å²) in [5.41, 5.74) is 8.74. The second-order valence-electron chi connectivity index (χ2n) is 7.58. The molecule has 1 fully saturated rings. The molecule has 2 aromatic heterocycles. The molecule has 1 unspecified atom stereocenters. The van der Waals surface area contributed by atoms with Gasteiger partial charge in [-0.15, -0.1) is 0 Å². The van der Waals surface area contributed by atoms with Crippen LogP contribution in [0.4, 0.5) is 5.82 Å². The fourth-order valence-electron chi connectivity index (χ4n) is 3.35. The third kappa shape index (κ3) is 3.61. The van der Waals surface area contributed by atoms with Gasteiger partial charge in [0, 0.05) is 0 Å². The minimum Gasteiger partial charge on any atom is -0.394 e. The Hall–Kier alpha value is -2.40. The first kappa shape index (κ1) is 24.2. The minimum atomic E-state index is -2.37. The van der Waals surface area contributed by atoms with E-state index in [2.05, 4.69) is 15.0 Å². The maximum Gasteiger partial charge on any atom is 0.274 e. The summed E-state index contributed by atoms with van der Waals surface area (Å²) in [4.78, 5) is 37.5. The molecule has 3 rings (SSSR count). The number of rotatable bonds is 7. The first-order valence-corrected chi connectivity index (χ1v) is 10.8. The van der Waals surface area contributed by atoms with Crippen molar-refractivity contribution in [2.24, 2.45) is 17.4 Å². The molecule has 32 heavy (non-hydrogen) atoms. The van der Waals surface area contributed by atoms with Crippen molar-refractivity contribution in [1.82, 2.24) is 19.5 Å². The molecule has 5 atom stereocenters. The first-order chi connectivity index (χ1) is 15.0. The van der Waals surface area contributed by atoms with Gasteiger partial charge in [0.2, 0.25) is 0 Å². The van der Waals surface area contributed by atoms with Crippen molar-refractivity contribution in [3.8, 4) is 0 Å². The maximum atomic E-state index is 12.6. The molecular formula is C17H25N7O7S. The number of hydrogen-bond acceptors (Lipinski definition) is 12. The van der Waals surface area contributed by atoms with Crippen molar-refractivity contribution in [2.45, 2.75) is 49.1 Å². The number of hydrogen-bond donors (Lipinski definition) is 6. The molecule has 2 amide bonds. The average molecular weight is 471 g/mol. The van der Waals surface area contributed by atoms with Crippen LogP contribution in [0.15, 0.2) is 11.5 Å². The lowest BCUT2D eigenvalue weighted by molar-refractivity contribution is -0.173. The van der Waals surface area contributed by atoms with E-state index in [0.717, 1.165) is 22.7 Å². The van der Waals surface area contributed by atoms with Crippen molar-refractivity contribution in [1.29, 1.82) is 0 Å². The highest BCUT2D eigenvalue weighted by molar-refractivity contribution is 7.98. The predicted molar refractivity (Wildman–Crippen MR) is 110 cm³/mol. The summed E-state index contributed by atoms with van der Waals surface area (Å²) >= 11 is 1.06. The van der Waals surface area contributed by atoms with E-state index >= 15 is 0 Å². The molecule has 2 aromatic rings. The third-order valence-corrected chi connectivity index (χ3v) is 5.83. The van der Waals surface area contributed by atoms with E-state index < -0.39 is 48.5 Å². The lowest BCUT2D eigenvalue weighted by atomic mass is 10.0. The minimum absolute atomic E-state index is 0.0746. The molecule has 1 aliphatic heterocycles. The summed E-state index contributed by atoms with van der Waals surface area (Å²) in [5, 5.41) is 41.2. The van der Waals surface area contributed by atoms with E-state index in [9.17, 15) is 30.1 Å². The SMILES string of the molecule is CSc1nc(N(O)C(=O)C(N)C(C)C)c2ncn([C@]3(C(N)=O)O[C@H](CO)[C@@H](O)[C@H]3O)c2n1. The van der Waals surface area contributed by atoms with E-state index in [1.165, 1.54) is 0 Å². The molecule has 0 aromatic carbocycles. The Balaban J connectivity index is 2.23. The number of aromatic nitrogens is 4. The van der Waals surface area contributed by atoms with Crippen molar-refractivity contribution in [3.63, 3.8) is 0 Å². The van der Waals surface area contributed by atoms with Crippen molar-refractivity contribution >= 4 is 40.6 Å². The highest BCUT2D eigenvalue weighted by Gasteiger charge is 2.60. The summed E-state index contributed by atoms with van der Waals surface area (Å²) in [6.45, 7) is 2.70. The standard InChI is InChI=1S/C17H25N7O7S/c1-6(2)8(18)14(28)24(30)13-9-12(21-16(22-13)32-3)23(5-20-9)17(15(19)29)11(27)10(26)7(4-25)31-17/h5-8,10-11,25-27,30H,4,18H2,1-3H3,(H2,19,29)/t7-,8?,10-,11-,17+/m1/s1. The number of nitrogens with two attached hydrogens (primary N) is 2. The highest BCUT2D eigenvalue weighted by Crippen LogP contribution is 2.38. The zero-order chi connectivity index (χ0) is 24.0. The Labute approximate surface area is 186 Å². The Morgan fingerprint density at radius 3 is 2.53 bits per heavy atom. The van der Waals surface area contributed by atoms with Gasteiger partial charge in [-0.05, 0) is 12.2 Å². The maximum absolute atomic E-state index is 12.6. The number of primary amides is 1. The molecule has 3 heterocycles. The molecular weight excluding hydrogens is 446 g/mol. The van der Waals surface area contributed by atoms with Crippen LogP contribution < -0.4 is 16.5 Å². The van der Waals surface area contributed by atoms with E-state index in [4.69, 9.17) is 16.2 Å².